The van der Waals surface area contributed by atoms with Crippen LogP contribution in [0.1, 0.15) is 38.3 Å². The molecule has 1 aliphatic heterocycles. The van der Waals surface area contributed by atoms with E-state index in [-0.39, 0.29) is 24.5 Å². The molecule has 0 saturated carbocycles. The first-order chi connectivity index (χ1) is 12.9. The summed E-state index contributed by atoms with van der Waals surface area (Å²) < 4.78 is 5.35. The van der Waals surface area contributed by atoms with Crippen LogP contribution in [0, 0.1) is 13.8 Å². The molecule has 1 aromatic heterocycles. The van der Waals surface area contributed by atoms with E-state index in [0.29, 0.717) is 18.2 Å². The molecule has 9 heteroatoms. The van der Waals surface area contributed by atoms with Crippen molar-refractivity contribution in [2.75, 3.05) is 32.0 Å². The number of hydrogen-bond donors (Lipinski definition) is 2. The van der Waals surface area contributed by atoms with Crippen LogP contribution in [0.3, 0.4) is 0 Å². The number of aliphatic hydroxyl groups is 1. The van der Waals surface area contributed by atoms with Crippen molar-refractivity contribution in [3.05, 3.63) is 10.6 Å². The van der Waals surface area contributed by atoms with Crippen LogP contribution >= 0.6 is 11.3 Å². The Bertz CT molecular complexity index is 696. The molecule has 2 N–H and O–H groups in total. The number of carbonyl (C=O) groups excluding carboxylic acids is 2. The molecule has 0 radical (unpaired) electrons. The molecule has 8 nitrogen and oxygen atoms in total. The number of likely N-dealkylation sites (N-methyl/N-ethyl adjacent to an activating group) is 1. The molecule has 2 rings (SSSR count). The van der Waals surface area contributed by atoms with Gasteiger partial charge in [-0.15, -0.1) is 11.3 Å². The van der Waals surface area contributed by atoms with E-state index in [1.165, 1.54) is 11.3 Å². The highest BCUT2D eigenvalue weighted by atomic mass is 32.1. The van der Waals surface area contributed by atoms with Gasteiger partial charge in [0.15, 0.2) is 5.13 Å². The van der Waals surface area contributed by atoms with Crippen LogP contribution in [-0.4, -0.2) is 82.2 Å². The van der Waals surface area contributed by atoms with Gasteiger partial charge in [0.1, 0.15) is 5.60 Å². The van der Waals surface area contributed by atoms with Crippen molar-refractivity contribution in [1.29, 1.82) is 0 Å². The molecule has 0 aromatic carbocycles. The minimum absolute atomic E-state index is 0.0884. The van der Waals surface area contributed by atoms with E-state index in [0.717, 1.165) is 10.6 Å². The van der Waals surface area contributed by atoms with Gasteiger partial charge < -0.3 is 15.2 Å². The number of hydrogen-bond acceptors (Lipinski definition) is 8. The number of thiazole rings is 1. The van der Waals surface area contributed by atoms with Gasteiger partial charge in [-0.3, -0.25) is 19.4 Å². The number of aliphatic hydroxyl groups excluding tert-OH is 1. The molecule has 1 amide bonds. The standard InChI is InChI=1S/C19H32N4O4S/c1-11-13(3)28-18(20-11)21-17(26)12(2)23-8-14(15(24)9-23)22(7)10-16(25)27-19(4,5)6/h12,14-15,24H,8-10H2,1-7H3,(H,20,21,26)/t12-,14-,15+/m0/s1. The van der Waals surface area contributed by atoms with E-state index in [1.807, 2.05) is 46.4 Å². The number of nitrogens with zero attached hydrogens (tertiary/aromatic N) is 3. The second-order valence-electron chi connectivity index (χ2n) is 8.42. The molecule has 1 aromatic rings. The highest BCUT2D eigenvalue weighted by Crippen LogP contribution is 2.23. The van der Waals surface area contributed by atoms with E-state index in [9.17, 15) is 14.7 Å². The smallest absolute Gasteiger partial charge is 0.320 e. The number of carbonyl (C=O) groups is 2. The van der Waals surface area contributed by atoms with Crippen molar-refractivity contribution >= 4 is 28.3 Å². The Morgan fingerprint density at radius 3 is 2.57 bits per heavy atom. The Balaban J connectivity index is 1.92. The van der Waals surface area contributed by atoms with Gasteiger partial charge in [-0.25, -0.2) is 4.98 Å². The summed E-state index contributed by atoms with van der Waals surface area (Å²) in [4.78, 5) is 33.8. The van der Waals surface area contributed by atoms with E-state index in [4.69, 9.17) is 4.74 Å². The first-order valence-electron chi connectivity index (χ1n) is 9.46. The molecule has 158 valence electrons. The fourth-order valence-corrected chi connectivity index (χ4v) is 3.96. The lowest BCUT2D eigenvalue weighted by Gasteiger charge is -2.28. The number of aryl methyl sites for hydroxylation is 2. The highest BCUT2D eigenvalue weighted by molar-refractivity contribution is 7.15. The van der Waals surface area contributed by atoms with Crippen LogP contribution in [0.5, 0.6) is 0 Å². The number of esters is 1. The predicted molar refractivity (Wildman–Crippen MR) is 110 cm³/mol. The number of ether oxygens (including phenoxy) is 1. The van der Waals surface area contributed by atoms with Crippen LogP contribution in [0.2, 0.25) is 0 Å². The molecule has 2 heterocycles. The maximum atomic E-state index is 12.6. The summed E-state index contributed by atoms with van der Waals surface area (Å²) in [6, 6.07) is -0.661. The van der Waals surface area contributed by atoms with E-state index in [2.05, 4.69) is 10.3 Å². The number of likely N-dealkylation sites (tertiary alicyclic amines) is 1. The van der Waals surface area contributed by atoms with Gasteiger partial charge in [0, 0.05) is 24.0 Å². The fourth-order valence-electron chi connectivity index (χ4n) is 3.14. The van der Waals surface area contributed by atoms with Crippen molar-refractivity contribution in [2.45, 2.75) is 65.3 Å². The number of amides is 1. The normalized spacial score (nSPS) is 21.8. The van der Waals surface area contributed by atoms with Gasteiger partial charge in [-0.05, 0) is 48.6 Å². The highest BCUT2D eigenvalue weighted by Gasteiger charge is 2.38. The number of rotatable bonds is 6. The summed E-state index contributed by atoms with van der Waals surface area (Å²) in [6.45, 7) is 12.1. The molecule has 0 bridgehead atoms. The van der Waals surface area contributed by atoms with Gasteiger partial charge in [0.2, 0.25) is 5.91 Å². The second kappa shape index (κ2) is 8.86. The van der Waals surface area contributed by atoms with Crippen molar-refractivity contribution < 1.29 is 19.4 Å². The third kappa shape index (κ3) is 5.97. The Morgan fingerprint density at radius 1 is 1.39 bits per heavy atom. The average Bonchev–Trinajstić information content (AvgIpc) is 3.07. The van der Waals surface area contributed by atoms with Gasteiger partial charge in [-0.1, -0.05) is 0 Å². The Kier molecular flexibility index (Phi) is 7.19. The molecule has 3 atom stereocenters. The van der Waals surface area contributed by atoms with Crippen molar-refractivity contribution in [3.63, 3.8) is 0 Å². The van der Waals surface area contributed by atoms with Crippen LogP contribution in [0.4, 0.5) is 5.13 Å². The minimum Gasteiger partial charge on any atom is -0.459 e. The van der Waals surface area contributed by atoms with Gasteiger partial charge in [-0.2, -0.15) is 0 Å². The van der Waals surface area contributed by atoms with Gasteiger partial charge >= 0.3 is 5.97 Å². The molecular formula is C19H32N4O4S. The number of β-amino-alcohol motifs (C(OH)–C–C–N with tert-alkyl or cyclic N) is 1. The summed E-state index contributed by atoms with van der Waals surface area (Å²) in [5, 5.41) is 13.9. The summed E-state index contributed by atoms with van der Waals surface area (Å²) in [7, 11) is 1.78. The summed E-state index contributed by atoms with van der Waals surface area (Å²) in [5.74, 6) is -0.489. The van der Waals surface area contributed by atoms with Crippen LogP contribution in [0.25, 0.3) is 0 Å². The van der Waals surface area contributed by atoms with E-state index >= 15 is 0 Å². The maximum absolute atomic E-state index is 12.6. The fraction of sp³-hybridized carbons (Fsp3) is 0.737. The zero-order chi connectivity index (χ0) is 21.2. The van der Waals surface area contributed by atoms with Gasteiger partial charge in [0.25, 0.3) is 0 Å². The van der Waals surface area contributed by atoms with Crippen molar-refractivity contribution in [1.82, 2.24) is 14.8 Å². The SMILES string of the molecule is Cc1nc(NC(=O)[C@H](C)N2C[C@@H](O)[C@@H](N(C)CC(=O)OC(C)(C)C)C2)sc1C. The van der Waals surface area contributed by atoms with Crippen molar-refractivity contribution in [2.24, 2.45) is 0 Å². The predicted octanol–water partition coefficient (Wildman–Crippen LogP) is 1.41. The quantitative estimate of drug-likeness (QED) is 0.682. The Labute approximate surface area is 170 Å². The van der Waals surface area contributed by atoms with Crippen LogP contribution in [0.15, 0.2) is 0 Å². The summed E-state index contributed by atoms with van der Waals surface area (Å²) in [6.07, 6.45) is -0.646. The average molecular weight is 413 g/mol. The third-order valence-corrected chi connectivity index (χ3v) is 5.83. The zero-order valence-electron chi connectivity index (χ0n) is 17.8. The molecule has 0 spiro atoms. The van der Waals surface area contributed by atoms with E-state index in [1.54, 1.807) is 11.9 Å². The second-order valence-corrected chi connectivity index (χ2v) is 9.62. The molecule has 0 aliphatic carbocycles. The summed E-state index contributed by atoms with van der Waals surface area (Å²) >= 11 is 1.45. The Morgan fingerprint density at radius 2 is 2.04 bits per heavy atom. The van der Waals surface area contributed by atoms with Crippen LogP contribution in [-0.2, 0) is 14.3 Å². The number of aromatic nitrogens is 1. The first kappa shape index (κ1) is 22.7. The van der Waals surface area contributed by atoms with Gasteiger partial charge in [0.05, 0.1) is 24.4 Å². The lowest BCUT2D eigenvalue weighted by Crippen LogP contribution is -2.45. The molecular weight excluding hydrogens is 380 g/mol. The molecule has 28 heavy (non-hydrogen) atoms. The monoisotopic (exact) mass is 412 g/mol. The number of anilines is 1. The van der Waals surface area contributed by atoms with E-state index < -0.39 is 17.7 Å². The largest absolute Gasteiger partial charge is 0.459 e. The maximum Gasteiger partial charge on any atom is 0.320 e. The zero-order valence-corrected chi connectivity index (χ0v) is 18.6. The van der Waals surface area contributed by atoms with Crippen LogP contribution < -0.4 is 5.32 Å². The lowest BCUT2D eigenvalue weighted by molar-refractivity contribution is -0.156. The molecule has 1 fully saturated rings. The molecule has 0 unspecified atom stereocenters. The Hall–Kier alpha value is -1.55. The third-order valence-electron chi connectivity index (χ3n) is 4.84. The first-order valence-corrected chi connectivity index (χ1v) is 10.3. The number of nitrogens with one attached hydrogen (secondary N) is 1. The van der Waals surface area contributed by atoms with Crippen molar-refractivity contribution in [3.8, 4) is 0 Å². The summed E-state index contributed by atoms with van der Waals surface area (Å²) in [5.41, 5.74) is 0.366. The topological polar surface area (TPSA) is 95.0 Å². The molecule has 1 saturated heterocycles. The lowest BCUT2D eigenvalue weighted by atomic mass is 10.2. The molecule has 1 aliphatic rings. The minimum atomic E-state index is -0.646.